The summed E-state index contributed by atoms with van der Waals surface area (Å²) in [6.07, 6.45) is 0. The Hall–Kier alpha value is -4.79. The summed E-state index contributed by atoms with van der Waals surface area (Å²) in [5.74, 6) is 0. The molecule has 0 amide bonds. The molecule has 0 aliphatic carbocycles. The number of fused-ring (bicyclic) bond motifs is 2. The van der Waals surface area contributed by atoms with E-state index >= 15 is 0 Å². The number of hydrogen-bond donors (Lipinski definition) is 0. The largest absolute Gasteiger partial charge is 4.00 e. The van der Waals surface area contributed by atoms with Crippen molar-refractivity contribution in [1.82, 2.24) is 0 Å². The maximum atomic E-state index is 3.72. The zero-order chi connectivity index (χ0) is 33.1. The van der Waals surface area contributed by atoms with Gasteiger partial charge in [0.1, 0.15) is 9.52 Å². The van der Waals surface area contributed by atoms with Crippen molar-refractivity contribution in [3.63, 3.8) is 0 Å². The van der Waals surface area contributed by atoms with Gasteiger partial charge in [-0.3, -0.25) is 0 Å². The van der Waals surface area contributed by atoms with Gasteiger partial charge in [0.25, 0.3) is 0 Å². The van der Waals surface area contributed by atoms with Gasteiger partial charge in [0.15, 0.2) is 0 Å². The minimum Gasteiger partial charge on any atom is -0.199 e. The Morgan fingerprint density at radius 2 is 0.688 bits per heavy atom. The van der Waals surface area contributed by atoms with E-state index in [9.17, 15) is 0 Å². The molecule has 0 nitrogen and oxygen atoms in total. The van der Waals surface area contributed by atoms with Crippen LogP contribution in [-0.4, -0.2) is 9.52 Å². The van der Waals surface area contributed by atoms with Gasteiger partial charge in [-0.15, -0.1) is 105 Å². The van der Waals surface area contributed by atoms with Crippen LogP contribution >= 0.6 is 0 Å². The van der Waals surface area contributed by atoms with Crippen LogP contribution in [0.2, 0.25) is 0 Å². The van der Waals surface area contributed by atoms with Gasteiger partial charge in [-0.2, -0.15) is 61.4 Å². The minimum absolute atomic E-state index is 0. The summed E-state index contributed by atoms with van der Waals surface area (Å²) in [6, 6.07) is 66.6. The van der Waals surface area contributed by atoms with Crippen LogP contribution in [0, 0.1) is 27.7 Å². The zero-order valence-electron chi connectivity index (χ0n) is 27.9. The third kappa shape index (κ3) is 13.9. The fraction of sp³-hybridized carbons (Fsp3) is 0.0435. The normalized spacial score (nSPS) is 9.54. The minimum atomic E-state index is 0. The summed E-state index contributed by atoms with van der Waals surface area (Å²) in [4.78, 5) is 0. The number of benzene rings is 6. The van der Waals surface area contributed by atoms with Crippen molar-refractivity contribution >= 4 is 41.4 Å². The van der Waals surface area contributed by atoms with Crippen LogP contribution < -0.4 is 10.4 Å². The van der Waals surface area contributed by atoms with Crippen LogP contribution in [0.25, 0.3) is 21.5 Å². The second kappa shape index (κ2) is 21.2. The van der Waals surface area contributed by atoms with Crippen molar-refractivity contribution in [3.8, 4) is 0 Å². The summed E-state index contributed by atoms with van der Waals surface area (Å²) in [6.45, 7) is 11.7. The van der Waals surface area contributed by atoms with Gasteiger partial charge in [0.05, 0.1) is 0 Å². The van der Waals surface area contributed by atoms with Crippen molar-refractivity contribution in [1.29, 1.82) is 0 Å². The zero-order valence-corrected chi connectivity index (χ0v) is 30.5. The Labute approximate surface area is 305 Å². The molecule has 2 heteroatoms. The Morgan fingerprint density at radius 3 is 0.979 bits per heavy atom. The van der Waals surface area contributed by atoms with E-state index in [1.165, 1.54) is 43.0 Å². The van der Waals surface area contributed by atoms with Gasteiger partial charge in [-0.05, 0) is 0 Å². The van der Waals surface area contributed by atoms with Crippen LogP contribution in [0.3, 0.4) is 0 Å². The maximum Gasteiger partial charge on any atom is 4.00 e. The second-order valence-electron chi connectivity index (χ2n) is 11.2. The fourth-order valence-corrected chi connectivity index (χ4v) is 5.83. The topological polar surface area (TPSA) is 0 Å². The first-order valence-corrected chi connectivity index (χ1v) is 16.8. The molecule has 0 aliphatic heterocycles. The second-order valence-corrected chi connectivity index (χ2v) is 12.6. The average Bonchev–Trinajstić information content (AvgIpc) is 3.68. The molecule has 0 spiro atoms. The Morgan fingerprint density at radius 1 is 0.396 bits per heavy atom. The van der Waals surface area contributed by atoms with E-state index in [-0.39, 0.29) is 21.7 Å². The molecule has 8 aromatic rings. The smallest absolute Gasteiger partial charge is 0.199 e. The first-order chi connectivity index (χ1) is 23.0. The molecule has 0 heterocycles. The SMILES string of the molecule is Cc1cc2ccccc2[cH-]1.Cc1cc2ccccc2[cH-]1.[CH2-]c1ccccc1.[CH2-]c1ccccc1.[Ti+4].c1ccc([Si]c2ccccc2)cc1. The summed E-state index contributed by atoms with van der Waals surface area (Å²) < 4.78 is 0. The summed E-state index contributed by atoms with van der Waals surface area (Å²) in [5, 5.41) is 8.18. The molecular formula is C46H42SiTi. The van der Waals surface area contributed by atoms with Crippen LogP contribution in [0.4, 0.5) is 0 Å². The molecular weight excluding hydrogens is 628 g/mol. The molecule has 0 aliphatic rings. The molecule has 2 radical (unpaired) electrons. The third-order valence-corrected chi connectivity index (χ3v) is 8.29. The summed E-state index contributed by atoms with van der Waals surface area (Å²) in [7, 11) is 0.777. The summed E-state index contributed by atoms with van der Waals surface area (Å²) in [5.41, 5.74) is 4.84. The fourth-order valence-electron chi connectivity index (χ4n) is 4.78. The molecule has 0 aromatic heterocycles. The molecule has 8 rings (SSSR count). The van der Waals surface area contributed by atoms with Crippen molar-refractivity contribution < 1.29 is 21.7 Å². The van der Waals surface area contributed by atoms with E-state index < -0.39 is 0 Å². The Balaban J connectivity index is 0.000000165. The van der Waals surface area contributed by atoms with Crippen LogP contribution in [0.1, 0.15) is 22.3 Å². The maximum absolute atomic E-state index is 3.72. The predicted octanol–water partition coefficient (Wildman–Crippen LogP) is 10.8. The molecule has 0 N–H and O–H groups in total. The number of hydrogen-bond acceptors (Lipinski definition) is 0. The molecule has 0 fully saturated rings. The van der Waals surface area contributed by atoms with Gasteiger partial charge < -0.3 is 0 Å². The Bertz CT molecular complexity index is 1760. The quantitative estimate of drug-likeness (QED) is 0.127. The first kappa shape index (κ1) is 37.7. The van der Waals surface area contributed by atoms with Gasteiger partial charge >= 0.3 is 21.7 Å². The van der Waals surface area contributed by atoms with Gasteiger partial charge in [0.2, 0.25) is 0 Å². The van der Waals surface area contributed by atoms with Crippen LogP contribution in [-0.2, 0) is 21.7 Å². The molecule has 0 saturated carbocycles. The summed E-state index contributed by atoms with van der Waals surface area (Å²) >= 11 is 0. The van der Waals surface area contributed by atoms with E-state index in [1.54, 1.807) is 0 Å². The van der Waals surface area contributed by atoms with Gasteiger partial charge in [-0.25, -0.2) is 0 Å². The van der Waals surface area contributed by atoms with Crippen molar-refractivity contribution in [3.05, 3.63) is 230 Å². The molecule has 48 heavy (non-hydrogen) atoms. The molecule has 8 aromatic carbocycles. The number of rotatable bonds is 2. The molecule has 0 saturated heterocycles. The van der Waals surface area contributed by atoms with Gasteiger partial charge in [0, 0.05) is 0 Å². The number of aryl methyl sites for hydroxylation is 2. The van der Waals surface area contributed by atoms with Crippen molar-refractivity contribution in [2.45, 2.75) is 13.8 Å². The predicted molar refractivity (Wildman–Crippen MR) is 208 cm³/mol. The third-order valence-electron chi connectivity index (χ3n) is 7.05. The Kier molecular flexibility index (Phi) is 16.6. The average molecular weight is 671 g/mol. The van der Waals surface area contributed by atoms with E-state index in [2.05, 4.69) is 161 Å². The van der Waals surface area contributed by atoms with Crippen LogP contribution in [0.15, 0.2) is 194 Å². The van der Waals surface area contributed by atoms with Crippen molar-refractivity contribution in [2.24, 2.45) is 0 Å². The van der Waals surface area contributed by atoms with E-state index in [4.69, 9.17) is 0 Å². The molecule has 234 valence electrons. The standard InChI is InChI=1S/C12H10Si.2C10H9.2C7H7.Ti/c1-3-7-11(8-4-1)13-12-9-5-2-6-10-12;2*1-8-6-9-4-2-3-5-10(9)7-8;2*1-7-5-3-2-4-6-7;/h1-10H;2*2-7H,1H3;2*2-6H,1H2;/q;4*-1;+4. The molecule has 0 unspecified atom stereocenters. The van der Waals surface area contributed by atoms with E-state index in [1.807, 2.05) is 60.7 Å². The molecule has 0 atom stereocenters. The van der Waals surface area contributed by atoms with Crippen molar-refractivity contribution in [2.75, 3.05) is 0 Å². The van der Waals surface area contributed by atoms with Gasteiger partial charge in [-0.1, -0.05) is 109 Å². The monoisotopic (exact) mass is 670 g/mol. The van der Waals surface area contributed by atoms with E-state index in [0.717, 1.165) is 20.6 Å². The van der Waals surface area contributed by atoms with Crippen LogP contribution in [0.5, 0.6) is 0 Å². The first-order valence-electron chi connectivity index (χ1n) is 15.8. The van der Waals surface area contributed by atoms with E-state index in [0.29, 0.717) is 0 Å². The molecule has 0 bridgehead atoms.